The molecule has 5 heteroatoms. The summed E-state index contributed by atoms with van der Waals surface area (Å²) in [6.45, 7) is 0. The Bertz CT molecular complexity index is 595. The predicted octanol–water partition coefficient (Wildman–Crippen LogP) is 2.51. The SMILES string of the molecule is O=C(O)CC(Oc1ccccc1)C(=O)Oc1ccccc1. The van der Waals surface area contributed by atoms with Crippen molar-refractivity contribution in [2.24, 2.45) is 0 Å². The van der Waals surface area contributed by atoms with E-state index >= 15 is 0 Å². The molecule has 108 valence electrons. The molecule has 0 heterocycles. The van der Waals surface area contributed by atoms with Gasteiger partial charge in [0, 0.05) is 0 Å². The van der Waals surface area contributed by atoms with Gasteiger partial charge < -0.3 is 14.6 Å². The van der Waals surface area contributed by atoms with Gasteiger partial charge in [-0.25, -0.2) is 4.79 Å². The first kappa shape index (κ1) is 14.6. The zero-order chi connectivity index (χ0) is 15.1. The number of esters is 1. The fourth-order valence-electron chi connectivity index (χ4n) is 1.67. The van der Waals surface area contributed by atoms with Crippen LogP contribution in [0.2, 0.25) is 0 Å². The largest absolute Gasteiger partial charge is 0.481 e. The van der Waals surface area contributed by atoms with Crippen molar-refractivity contribution in [1.29, 1.82) is 0 Å². The number of carboxylic acids is 1. The standard InChI is InChI=1S/C16H14O5/c17-15(18)11-14(20-12-7-3-1-4-8-12)16(19)21-13-9-5-2-6-10-13/h1-10,14H,11H2,(H,17,18). The van der Waals surface area contributed by atoms with Gasteiger partial charge in [-0.15, -0.1) is 0 Å². The van der Waals surface area contributed by atoms with Crippen molar-refractivity contribution >= 4 is 11.9 Å². The smallest absolute Gasteiger partial charge is 0.353 e. The molecule has 2 aromatic carbocycles. The van der Waals surface area contributed by atoms with E-state index in [-0.39, 0.29) is 0 Å². The van der Waals surface area contributed by atoms with Crippen LogP contribution >= 0.6 is 0 Å². The van der Waals surface area contributed by atoms with Crippen LogP contribution in [-0.4, -0.2) is 23.1 Å². The molecule has 1 atom stereocenters. The van der Waals surface area contributed by atoms with E-state index in [9.17, 15) is 9.59 Å². The Morgan fingerprint density at radius 1 is 0.905 bits per heavy atom. The number of rotatable bonds is 6. The molecule has 0 aromatic heterocycles. The van der Waals surface area contributed by atoms with Crippen LogP contribution in [0.3, 0.4) is 0 Å². The lowest BCUT2D eigenvalue weighted by molar-refractivity contribution is -0.149. The van der Waals surface area contributed by atoms with Crippen molar-refractivity contribution in [3.63, 3.8) is 0 Å². The Morgan fingerprint density at radius 2 is 1.43 bits per heavy atom. The van der Waals surface area contributed by atoms with E-state index in [0.717, 1.165) is 0 Å². The Morgan fingerprint density at radius 3 is 1.95 bits per heavy atom. The van der Waals surface area contributed by atoms with Gasteiger partial charge in [0.2, 0.25) is 6.10 Å². The lowest BCUT2D eigenvalue weighted by Gasteiger charge is -2.16. The molecular weight excluding hydrogens is 272 g/mol. The summed E-state index contributed by atoms with van der Waals surface area (Å²) in [5, 5.41) is 8.89. The van der Waals surface area contributed by atoms with Gasteiger partial charge in [-0.2, -0.15) is 0 Å². The van der Waals surface area contributed by atoms with E-state index in [1.54, 1.807) is 60.7 Å². The van der Waals surface area contributed by atoms with E-state index in [0.29, 0.717) is 11.5 Å². The molecule has 21 heavy (non-hydrogen) atoms. The Hall–Kier alpha value is -2.82. The van der Waals surface area contributed by atoms with E-state index in [1.807, 2.05) is 0 Å². The maximum atomic E-state index is 12.0. The number of aliphatic carboxylic acids is 1. The molecule has 0 saturated heterocycles. The minimum absolute atomic E-state index is 0.342. The molecular formula is C16H14O5. The van der Waals surface area contributed by atoms with Crippen LogP contribution in [0.5, 0.6) is 11.5 Å². The summed E-state index contributed by atoms with van der Waals surface area (Å²) < 4.78 is 10.5. The van der Waals surface area contributed by atoms with Crippen molar-refractivity contribution in [2.75, 3.05) is 0 Å². The van der Waals surface area contributed by atoms with E-state index in [1.165, 1.54) is 0 Å². The van der Waals surface area contributed by atoms with Crippen molar-refractivity contribution < 1.29 is 24.2 Å². The fourth-order valence-corrected chi connectivity index (χ4v) is 1.67. The summed E-state index contributed by atoms with van der Waals surface area (Å²) >= 11 is 0. The number of hydrogen-bond donors (Lipinski definition) is 1. The van der Waals surface area contributed by atoms with Crippen molar-refractivity contribution in [1.82, 2.24) is 0 Å². The summed E-state index contributed by atoms with van der Waals surface area (Å²) in [5.74, 6) is -1.13. The summed E-state index contributed by atoms with van der Waals surface area (Å²) in [6.07, 6.45) is -1.68. The van der Waals surface area contributed by atoms with Crippen molar-refractivity contribution in [3.05, 3.63) is 60.7 Å². The summed E-state index contributed by atoms with van der Waals surface area (Å²) in [5.41, 5.74) is 0. The molecule has 2 aromatic rings. The molecule has 0 saturated carbocycles. The number of carboxylic acid groups (broad SMARTS) is 1. The topological polar surface area (TPSA) is 72.8 Å². The molecule has 5 nitrogen and oxygen atoms in total. The normalized spacial score (nSPS) is 11.4. The Balaban J connectivity index is 2.08. The first-order valence-corrected chi connectivity index (χ1v) is 6.35. The molecule has 0 aliphatic rings. The first-order valence-electron chi connectivity index (χ1n) is 6.35. The number of para-hydroxylation sites is 2. The zero-order valence-corrected chi connectivity index (χ0v) is 11.1. The lowest BCUT2D eigenvalue weighted by atomic mass is 10.2. The summed E-state index contributed by atoms with van der Waals surface area (Å²) in [7, 11) is 0. The third kappa shape index (κ3) is 4.65. The fraction of sp³-hybridized carbons (Fsp3) is 0.125. The number of benzene rings is 2. The molecule has 0 aliphatic carbocycles. The molecule has 0 bridgehead atoms. The number of hydrogen-bond acceptors (Lipinski definition) is 4. The minimum atomic E-state index is -1.20. The third-order valence-electron chi connectivity index (χ3n) is 2.61. The van der Waals surface area contributed by atoms with Gasteiger partial charge in [0.05, 0.1) is 6.42 Å². The Kier molecular flexibility index (Phi) is 4.93. The highest BCUT2D eigenvalue weighted by Gasteiger charge is 2.26. The van der Waals surface area contributed by atoms with E-state index in [2.05, 4.69) is 0 Å². The molecule has 1 N–H and O–H groups in total. The van der Waals surface area contributed by atoms with Crippen LogP contribution in [0.1, 0.15) is 6.42 Å². The highest BCUT2D eigenvalue weighted by Crippen LogP contribution is 2.16. The van der Waals surface area contributed by atoms with E-state index in [4.69, 9.17) is 14.6 Å². The van der Waals surface area contributed by atoms with Gasteiger partial charge >= 0.3 is 11.9 Å². The van der Waals surface area contributed by atoms with Gasteiger partial charge in [0.1, 0.15) is 11.5 Å². The van der Waals surface area contributed by atoms with Crippen LogP contribution in [0.15, 0.2) is 60.7 Å². The van der Waals surface area contributed by atoms with Crippen LogP contribution in [0.25, 0.3) is 0 Å². The van der Waals surface area contributed by atoms with Gasteiger partial charge in [-0.05, 0) is 24.3 Å². The molecule has 0 spiro atoms. The van der Waals surface area contributed by atoms with E-state index < -0.39 is 24.5 Å². The highest BCUT2D eigenvalue weighted by atomic mass is 16.6. The Labute approximate surface area is 121 Å². The molecule has 2 rings (SSSR count). The summed E-state index contributed by atoms with van der Waals surface area (Å²) in [6, 6.07) is 17.0. The molecule has 0 aliphatic heterocycles. The van der Waals surface area contributed by atoms with Gasteiger partial charge in [-0.1, -0.05) is 36.4 Å². The highest BCUT2D eigenvalue weighted by molar-refractivity contribution is 5.82. The van der Waals surface area contributed by atoms with Gasteiger partial charge in [0.25, 0.3) is 0 Å². The van der Waals surface area contributed by atoms with Crippen LogP contribution in [-0.2, 0) is 9.59 Å². The first-order chi connectivity index (χ1) is 10.1. The van der Waals surface area contributed by atoms with Crippen molar-refractivity contribution in [3.8, 4) is 11.5 Å². The number of carbonyl (C=O) groups is 2. The molecule has 0 radical (unpaired) electrons. The van der Waals surface area contributed by atoms with Crippen LogP contribution in [0, 0.1) is 0 Å². The molecule has 1 unspecified atom stereocenters. The summed E-state index contributed by atoms with van der Waals surface area (Å²) in [4.78, 5) is 22.9. The average molecular weight is 286 g/mol. The van der Waals surface area contributed by atoms with Gasteiger partial charge in [0.15, 0.2) is 0 Å². The monoisotopic (exact) mass is 286 g/mol. The zero-order valence-electron chi connectivity index (χ0n) is 11.1. The maximum Gasteiger partial charge on any atom is 0.353 e. The lowest BCUT2D eigenvalue weighted by Crippen LogP contribution is -2.33. The quantitative estimate of drug-likeness (QED) is 0.652. The number of ether oxygens (including phenoxy) is 2. The van der Waals surface area contributed by atoms with Crippen LogP contribution in [0.4, 0.5) is 0 Å². The molecule has 0 amide bonds. The second kappa shape index (κ2) is 7.09. The second-order valence-corrected chi connectivity index (χ2v) is 4.25. The maximum absolute atomic E-state index is 12.0. The third-order valence-corrected chi connectivity index (χ3v) is 2.61. The average Bonchev–Trinajstić information content (AvgIpc) is 2.48. The van der Waals surface area contributed by atoms with Crippen LogP contribution < -0.4 is 9.47 Å². The van der Waals surface area contributed by atoms with Crippen molar-refractivity contribution in [2.45, 2.75) is 12.5 Å². The second-order valence-electron chi connectivity index (χ2n) is 4.25. The van der Waals surface area contributed by atoms with Gasteiger partial charge in [-0.3, -0.25) is 4.79 Å². The predicted molar refractivity (Wildman–Crippen MR) is 75.2 cm³/mol. The molecule has 0 fully saturated rings. The minimum Gasteiger partial charge on any atom is -0.481 e. The number of carbonyl (C=O) groups excluding carboxylic acids is 1.